The molecule has 0 saturated carbocycles. The number of hydrogen-bond donors (Lipinski definition) is 2. The van der Waals surface area contributed by atoms with Crippen molar-refractivity contribution in [1.82, 2.24) is 10.7 Å². The molecule has 4 heteroatoms. The van der Waals surface area contributed by atoms with E-state index in [1.807, 2.05) is 14.0 Å². The number of ether oxygens (including phenoxy) is 1. The maximum atomic E-state index is 5.20. The van der Waals surface area contributed by atoms with Crippen molar-refractivity contribution in [2.45, 2.75) is 19.3 Å². The smallest absolute Gasteiger partial charge is 0.141 e. The Morgan fingerprint density at radius 3 is 2.60 bits per heavy atom. The lowest BCUT2D eigenvalue weighted by Crippen LogP contribution is -2.18. The molecule has 0 aromatic carbocycles. The normalized spacial score (nSPS) is 32.1. The van der Waals surface area contributed by atoms with Gasteiger partial charge >= 0.3 is 0 Å². The van der Waals surface area contributed by atoms with Gasteiger partial charge in [0, 0.05) is 7.05 Å². The Bertz CT molecular complexity index is 146. The molecule has 0 aromatic heterocycles. The molecular weight excluding hydrogens is 130 g/mol. The maximum Gasteiger partial charge on any atom is 0.141 e. The van der Waals surface area contributed by atoms with Crippen LogP contribution >= 0.6 is 0 Å². The fraction of sp³-hybridized carbons (Fsp3) is 0.833. The second kappa shape index (κ2) is 2.98. The quantitative estimate of drug-likeness (QED) is 0.319. The predicted molar refractivity (Wildman–Crippen MR) is 39.9 cm³/mol. The van der Waals surface area contributed by atoms with Gasteiger partial charge in [-0.3, -0.25) is 5.32 Å². The SMILES string of the molecule is CN/N=C(/C)C1OC1NC. The highest BCUT2D eigenvalue weighted by atomic mass is 16.6. The molecule has 0 aromatic rings. The van der Waals surface area contributed by atoms with Crippen molar-refractivity contribution in [3.8, 4) is 0 Å². The zero-order valence-electron chi connectivity index (χ0n) is 6.51. The molecular formula is C6H13N3O. The van der Waals surface area contributed by atoms with Crippen LogP contribution in [0, 0.1) is 0 Å². The number of likely N-dealkylation sites (N-methyl/N-ethyl adjacent to an activating group) is 1. The van der Waals surface area contributed by atoms with E-state index in [1.165, 1.54) is 0 Å². The second-order valence-electron chi connectivity index (χ2n) is 2.24. The molecule has 1 fully saturated rings. The molecule has 58 valence electrons. The first-order chi connectivity index (χ1) is 4.79. The van der Waals surface area contributed by atoms with Crippen molar-refractivity contribution >= 4 is 5.71 Å². The molecule has 0 aliphatic carbocycles. The van der Waals surface area contributed by atoms with Crippen molar-refractivity contribution < 1.29 is 4.74 Å². The minimum Gasteiger partial charge on any atom is -0.347 e. The summed E-state index contributed by atoms with van der Waals surface area (Å²) >= 11 is 0. The molecule has 0 radical (unpaired) electrons. The predicted octanol–water partition coefficient (Wildman–Crippen LogP) is -0.474. The van der Waals surface area contributed by atoms with Gasteiger partial charge in [0.25, 0.3) is 0 Å². The lowest BCUT2D eigenvalue weighted by Gasteiger charge is -1.92. The highest BCUT2D eigenvalue weighted by Gasteiger charge is 2.39. The van der Waals surface area contributed by atoms with Crippen LogP contribution in [0.4, 0.5) is 0 Å². The van der Waals surface area contributed by atoms with Crippen LogP contribution in [0.3, 0.4) is 0 Å². The van der Waals surface area contributed by atoms with E-state index in [1.54, 1.807) is 7.05 Å². The summed E-state index contributed by atoms with van der Waals surface area (Å²) in [7, 11) is 3.65. The van der Waals surface area contributed by atoms with Gasteiger partial charge in [-0.1, -0.05) is 0 Å². The zero-order chi connectivity index (χ0) is 7.56. The van der Waals surface area contributed by atoms with E-state index in [-0.39, 0.29) is 12.3 Å². The lowest BCUT2D eigenvalue weighted by molar-refractivity contribution is 0.372. The largest absolute Gasteiger partial charge is 0.347 e. The third-order valence-electron chi connectivity index (χ3n) is 1.48. The van der Waals surface area contributed by atoms with Gasteiger partial charge in [-0.25, -0.2) is 0 Å². The summed E-state index contributed by atoms with van der Waals surface area (Å²) in [4.78, 5) is 0. The molecule has 10 heavy (non-hydrogen) atoms. The molecule has 1 aliphatic heterocycles. The van der Waals surface area contributed by atoms with E-state index in [0.29, 0.717) is 0 Å². The monoisotopic (exact) mass is 143 g/mol. The Hall–Kier alpha value is -0.610. The van der Waals surface area contributed by atoms with E-state index in [2.05, 4.69) is 15.8 Å². The highest BCUT2D eigenvalue weighted by Crippen LogP contribution is 2.19. The van der Waals surface area contributed by atoms with Gasteiger partial charge in [0.15, 0.2) is 0 Å². The Labute approximate surface area is 60.6 Å². The minimum atomic E-state index is 0.178. The van der Waals surface area contributed by atoms with E-state index >= 15 is 0 Å². The van der Waals surface area contributed by atoms with E-state index in [4.69, 9.17) is 4.74 Å². The van der Waals surface area contributed by atoms with Crippen LogP contribution < -0.4 is 10.7 Å². The van der Waals surface area contributed by atoms with E-state index < -0.39 is 0 Å². The lowest BCUT2D eigenvalue weighted by atomic mass is 10.3. The van der Waals surface area contributed by atoms with Crippen LogP contribution in [0.1, 0.15) is 6.92 Å². The minimum absolute atomic E-state index is 0.178. The molecule has 1 aliphatic rings. The summed E-state index contributed by atoms with van der Waals surface area (Å²) in [6, 6.07) is 0. The molecule has 2 atom stereocenters. The van der Waals surface area contributed by atoms with E-state index in [0.717, 1.165) is 5.71 Å². The van der Waals surface area contributed by atoms with Gasteiger partial charge in [0.05, 0.1) is 5.71 Å². The molecule has 1 heterocycles. The van der Waals surface area contributed by atoms with Crippen molar-refractivity contribution in [3.05, 3.63) is 0 Å². The molecule has 2 unspecified atom stereocenters. The van der Waals surface area contributed by atoms with Gasteiger partial charge in [-0.05, 0) is 14.0 Å². The Morgan fingerprint density at radius 2 is 2.20 bits per heavy atom. The number of hydrogen-bond acceptors (Lipinski definition) is 4. The van der Waals surface area contributed by atoms with Gasteiger partial charge in [-0.2, -0.15) is 5.10 Å². The van der Waals surface area contributed by atoms with Crippen molar-refractivity contribution in [1.29, 1.82) is 0 Å². The summed E-state index contributed by atoms with van der Waals surface area (Å²) in [5, 5.41) is 6.98. The molecule has 0 amide bonds. The van der Waals surface area contributed by atoms with Crippen LogP contribution in [0.15, 0.2) is 5.10 Å². The summed E-state index contributed by atoms with van der Waals surface area (Å²) < 4.78 is 5.20. The van der Waals surface area contributed by atoms with Gasteiger partial charge in [-0.15, -0.1) is 0 Å². The second-order valence-corrected chi connectivity index (χ2v) is 2.24. The standard InChI is InChI=1S/C6H13N3O/c1-4(9-8-3)5-6(7-2)10-5/h5-8H,1-3H3/b9-4-. The van der Waals surface area contributed by atoms with Crippen molar-refractivity contribution in [2.24, 2.45) is 5.10 Å². The van der Waals surface area contributed by atoms with Crippen molar-refractivity contribution in [3.63, 3.8) is 0 Å². The fourth-order valence-electron chi connectivity index (χ4n) is 0.890. The summed E-state index contributed by atoms with van der Waals surface area (Å²) in [6.45, 7) is 1.94. The number of epoxide rings is 1. The molecule has 1 saturated heterocycles. The third-order valence-corrected chi connectivity index (χ3v) is 1.48. The van der Waals surface area contributed by atoms with Gasteiger partial charge < -0.3 is 10.2 Å². The number of hydrazone groups is 1. The van der Waals surface area contributed by atoms with Crippen LogP contribution in [-0.4, -0.2) is 32.1 Å². The summed E-state index contributed by atoms with van der Waals surface area (Å²) in [5.74, 6) is 0. The van der Waals surface area contributed by atoms with Crippen LogP contribution in [-0.2, 0) is 4.74 Å². The van der Waals surface area contributed by atoms with Crippen LogP contribution in [0.2, 0.25) is 0 Å². The Balaban J connectivity index is 2.32. The third kappa shape index (κ3) is 1.46. The molecule has 4 nitrogen and oxygen atoms in total. The van der Waals surface area contributed by atoms with Gasteiger partial charge in [0.1, 0.15) is 12.3 Å². The first-order valence-corrected chi connectivity index (χ1v) is 3.33. The number of nitrogens with zero attached hydrogens (tertiary/aromatic N) is 1. The van der Waals surface area contributed by atoms with Crippen LogP contribution in [0.25, 0.3) is 0 Å². The van der Waals surface area contributed by atoms with E-state index in [9.17, 15) is 0 Å². The highest BCUT2D eigenvalue weighted by molar-refractivity contribution is 5.88. The molecule has 0 spiro atoms. The van der Waals surface area contributed by atoms with Crippen molar-refractivity contribution in [2.75, 3.05) is 14.1 Å². The first kappa shape index (κ1) is 7.50. The number of rotatable bonds is 3. The maximum absolute atomic E-state index is 5.20. The first-order valence-electron chi connectivity index (χ1n) is 3.33. The molecule has 0 bridgehead atoms. The average molecular weight is 143 g/mol. The van der Waals surface area contributed by atoms with Crippen LogP contribution in [0.5, 0.6) is 0 Å². The molecule has 2 N–H and O–H groups in total. The topological polar surface area (TPSA) is 49.0 Å². The average Bonchev–Trinajstić information content (AvgIpc) is 2.66. The molecule has 1 rings (SSSR count). The fourth-order valence-corrected chi connectivity index (χ4v) is 0.890. The Morgan fingerprint density at radius 1 is 1.50 bits per heavy atom. The Kier molecular flexibility index (Phi) is 2.24. The number of nitrogens with one attached hydrogen (secondary N) is 2. The zero-order valence-corrected chi connectivity index (χ0v) is 6.51. The summed E-state index contributed by atoms with van der Waals surface area (Å²) in [6.07, 6.45) is 0.356. The van der Waals surface area contributed by atoms with Gasteiger partial charge in [0.2, 0.25) is 0 Å². The summed E-state index contributed by atoms with van der Waals surface area (Å²) in [5.41, 5.74) is 3.70.